The minimum absolute atomic E-state index is 0.111. The van der Waals surface area contributed by atoms with Crippen LogP contribution in [0.5, 0.6) is 5.88 Å². The van der Waals surface area contributed by atoms with Gasteiger partial charge in [0.25, 0.3) is 5.56 Å². The molecular formula is C28H28N2O2. The minimum Gasteiger partial charge on any atom is -0.494 e. The third kappa shape index (κ3) is 3.96. The van der Waals surface area contributed by atoms with E-state index in [0.29, 0.717) is 27.9 Å². The number of benzene rings is 3. The molecule has 0 saturated carbocycles. The summed E-state index contributed by atoms with van der Waals surface area (Å²) in [5, 5.41) is 12.4. The number of pyridine rings is 1. The second kappa shape index (κ2) is 8.83. The van der Waals surface area contributed by atoms with Gasteiger partial charge in [-0.25, -0.2) is 4.57 Å². The molecule has 1 atom stereocenters. The fraction of sp³-hybridized carbons (Fsp3) is 0.214. The summed E-state index contributed by atoms with van der Waals surface area (Å²) in [6.45, 7) is 8.33. The van der Waals surface area contributed by atoms with Crippen LogP contribution in [-0.2, 0) is 0 Å². The lowest BCUT2D eigenvalue weighted by molar-refractivity contribution is 0.436. The third-order valence-corrected chi connectivity index (χ3v) is 6.11. The van der Waals surface area contributed by atoms with Crippen LogP contribution in [0.4, 0.5) is 5.69 Å². The Bertz CT molecular complexity index is 1370. The molecule has 0 radical (unpaired) electrons. The average molecular weight is 425 g/mol. The van der Waals surface area contributed by atoms with Crippen molar-refractivity contribution < 1.29 is 5.11 Å². The van der Waals surface area contributed by atoms with Crippen LogP contribution in [0.15, 0.2) is 76.5 Å². The zero-order chi connectivity index (χ0) is 22.8. The zero-order valence-electron chi connectivity index (χ0n) is 19.0. The quantitative estimate of drug-likeness (QED) is 0.368. The third-order valence-electron chi connectivity index (χ3n) is 6.11. The first-order valence-corrected chi connectivity index (χ1v) is 11.0. The SMILES string of the molecule is CC[C@@H](C)c1ccc(N=Cc2c(O)n(-c3ccc(C)cc3C)c(=O)c3ccccc23)cc1. The molecule has 1 aromatic heterocycles. The van der Waals surface area contributed by atoms with Crippen molar-refractivity contribution in [2.75, 3.05) is 0 Å². The molecule has 0 aliphatic rings. The number of fused-ring (bicyclic) bond motifs is 1. The van der Waals surface area contributed by atoms with E-state index in [1.165, 1.54) is 10.1 Å². The molecule has 0 amide bonds. The van der Waals surface area contributed by atoms with Gasteiger partial charge in [-0.1, -0.05) is 61.9 Å². The predicted molar refractivity (Wildman–Crippen MR) is 133 cm³/mol. The van der Waals surface area contributed by atoms with E-state index < -0.39 is 0 Å². The van der Waals surface area contributed by atoms with Crippen LogP contribution in [0.25, 0.3) is 16.5 Å². The first kappa shape index (κ1) is 21.6. The van der Waals surface area contributed by atoms with Crippen molar-refractivity contribution in [2.24, 2.45) is 4.99 Å². The van der Waals surface area contributed by atoms with E-state index in [9.17, 15) is 9.90 Å². The maximum Gasteiger partial charge on any atom is 0.265 e. The highest BCUT2D eigenvalue weighted by molar-refractivity contribution is 6.02. The summed E-state index contributed by atoms with van der Waals surface area (Å²) in [6.07, 6.45) is 2.73. The van der Waals surface area contributed by atoms with Gasteiger partial charge < -0.3 is 5.11 Å². The Labute approximate surface area is 188 Å². The summed E-state index contributed by atoms with van der Waals surface area (Å²) in [5.74, 6) is 0.392. The lowest BCUT2D eigenvalue weighted by atomic mass is 9.99. The highest BCUT2D eigenvalue weighted by Crippen LogP contribution is 2.28. The summed E-state index contributed by atoms with van der Waals surface area (Å²) in [6, 6.07) is 21.3. The van der Waals surface area contributed by atoms with E-state index in [1.807, 2.05) is 62.4 Å². The zero-order valence-corrected chi connectivity index (χ0v) is 19.0. The van der Waals surface area contributed by atoms with Gasteiger partial charge in [0.1, 0.15) is 0 Å². The molecule has 0 aliphatic heterocycles. The molecule has 3 aromatic carbocycles. The molecule has 4 heteroatoms. The van der Waals surface area contributed by atoms with E-state index in [1.54, 1.807) is 12.3 Å². The van der Waals surface area contributed by atoms with Crippen molar-refractivity contribution in [3.05, 3.63) is 99.3 Å². The molecule has 1 heterocycles. The number of aryl methyl sites for hydroxylation is 2. The smallest absolute Gasteiger partial charge is 0.265 e. The van der Waals surface area contributed by atoms with Crippen LogP contribution in [0.1, 0.15) is 48.4 Å². The molecular weight excluding hydrogens is 396 g/mol. The number of aromatic nitrogens is 1. The Morgan fingerprint density at radius 1 is 1.00 bits per heavy atom. The van der Waals surface area contributed by atoms with E-state index in [0.717, 1.165) is 23.2 Å². The molecule has 0 saturated heterocycles. The standard InChI is InChI=1S/C28H28N2O2/c1-5-19(3)21-11-13-22(14-12-21)29-17-25-23-8-6-7-9-24(23)27(31)30(28(25)32)26-15-10-18(2)16-20(26)4/h6-17,19,32H,5H2,1-4H3/t19-/m1/s1. The monoisotopic (exact) mass is 424 g/mol. The summed E-state index contributed by atoms with van der Waals surface area (Å²) in [5.41, 5.74) is 5.03. The van der Waals surface area contributed by atoms with Crippen LogP contribution >= 0.6 is 0 Å². The fourth-order valence-corrected chi connectivity index (χ4v) is 4.03. The first-order valence-electron chi connectivity index (χ1n) is 11.0. The van der Waals surface area contributed by atoms with E-state index in [4.69, 9.17) is 0 Å². The van der Waals surface area contributed by atoms with E-state index >= 15 is 0 Å². The van der Waals surface area contributed by atoms with Gasteiger partial charge in [0.2, 0.25) is 5.88 Å². The maximum atomic E-state index is 13.3. The predicted octanol–water partition coefficient (Wildman–Crippen LogP) is 6.58. The van der Waals surface area contributed by atoms with Gasteiger partial charge in [0, 0.05) is 17.0 Å². The number of nitrogens with zero attached hydrogens (tertiary/aromatic N) is 2. The Kier molecular flexibility index (Phi) is 5.95. The second-order valence-electron chi connectivity index (χ2n) is 8.37. The fourth-order valence-electron chi connectivity index (χ4n) is 4.03. The molecule has 4 nitrogen and oxygen atoms in total. The van der Waals surface area contributed by atoms with E-state index in [2.05, 4.69) is 31.0 Å². The van der Waals surface area contributed by atoms with Crippen LogP contribution < -0.4 is 5.56 Å². The number of hydrogen-bond donors (Lipinski definition) is 1. The van der Waals surface area contributed by atoms with Gasteiger partial charge in [0.05, 0.1) is 16.9 Å². The molecule has 0 aliphatic carbocycles. The summed E-state index contributed by atoms with van der Waals surface area (Å²) >= 11 is 0. The molecule has 0 unspecified atom stereocenters. The number of rotatable bonds is 5. The Hall–Kier alpha value is -3.66. The summed E-state index contributed by atoms with van der Waals surface area (Å²) < 4.78 is 1.38. The summed E-state index contributed by atoms with van der Waals surface area (Å²) in [4.78, 5) is 17.9. The van der Waals surface area contributed by atoms with Gasteiger partial charge in [-0.05, 0) is 61.6 Å². The van der Waals surface area contributed by atoms with Gasteiger partial charge in [-0.2, -0.15) is 0 Å². The lowest BCUT2D eigenvalue weighted by Crippen LogP contribution is -2.21. The summed E-state index contributed by atoms with van der Waals surface area (Å²) in [7, 11) is 0. The van der Waals surface area contributed by atoms with Gasteiger partial charge in [-0.15, -0.1) is 0 Å². The average Bonchev–Trinajstić information content (AvgIpc) is 2.80. The van der Waals surface area contributed by atoms with Gasteiger partial charge in [0.15, 0.2) is 0 Å². The van der Waals surface area contributed by atoms with E-state index in [-0.39, 0.29) is 11.4 Å². The largest absolute Gasteiger partial charge is 0.494 e. The minimum atomic E-state index is -0.250. The number of aliphatic imine (C=N–C) groups is 1. The molecule has 162 valence electrons. The number of hydrogen-bond acceptors (Lipinski definition) is 3. The van der Waals surface area contributed by atoms with Crippen LogP contribution in [0.2, 0.25) is 0 Å². The Balaban J connectivity index is 1.87. The van der Waals surface area contributed by atoms with Crippen LogP contribution in [0.3, 0.4) is 0 Å². The Morgan fingerprint density at radius 2 is 1.69 bits per heavy atom. The Morgan fingerprint density at radius 3 is 2.34 bits per heavy atom. The van der Waals surface area contributed by atoms with Crippen molar-refractivity contribution >= 4 is 22.7 Å². The van der Waals surface area contributed by atoms with Crippen molar-refractivity contribution in [1.82, 2.24) is 4.57 Å². The highest BCUT2D eigenvalue weighted by Gasteiger charge is 2.17. The van der Waals surface area contributed by atoms with Gasteiger partial charge in [-0.3, -0.25) is 9.79 Å². The topological polar surface area (TPSA) is 54.6 Å². The lowest BCUT2D eigenvalue weighted by Gasteiger charge is -2.16. The van der Waals surface area contributed by atoms with Crippen molar-refractivity contribution in [3.8, 4) is 11.6 Å². The first-order chi connectivity index (χ1) is 15.4. The van der Waals surface area contributed by atoms with Crippen molar-refractivity contribution in [2.45, 2.75) is 40.0 Å². The van der Waals surface area contributed by atoms with Crippen molar-refractivity contribution in [1.29, 1.82) is 0 Å². The maximum absolute atomic E-state index is 13.3. The molecule has 4 aromatic rings. The number of aromatic hydroxyl groups is 1. The van der Waals surface area contributed by atoms with Crippen molar-refractivity contribution in [3.63, 3.8) is 0 Å². The van der Waals surface area contributed by atoms with Crippen LogP contribution in [0, 0.1) is 13.8 Å². The molecule has 0 spiro atoms. The molecule has 1 N–H and O–H groups in total. The molecule has 4 rings (SSSR count). The normalized spacial score (nSPS) is 12.5. The van der Waals surface area contributed by atoms with Crippen LogP contribution in [-0.4, -0.2) is 15.9 Å². The second-order valence-corrected chi connectivity index (χ2v) is 8.37. The molecule has 32 heavy (non-hydrogen) atoms. The highest BCUT2D eigenvalue weighted by atomic mass is 16.3. The van der Waals surface area contributed by atoms with Gasteiger partial charge >= 0.3 is 0 Å². The molecule has 0 fully saturated rings. The molecule has 0 bridgehead atoms.